The minimum Gasteiger partial charge on any atom is -0.543 e. The van der Waals surface area contributed by atoms with E-state index in [9.17, 15) is 18.3 Å². The van der Waals surface area contributed by atoms with E-state index in [-0.39, 0.29) is 35.3 Å². The second-order valence-corrected chi connectivity index (χ2v) is 5.33. The third kappa shape index (κ3) is 3.48. The molecule has 0 unspecified atom stereocenters. The van der Waals surface area contributed by atoms with Crippen LogP contribution in [0.4, 0.5) is 0 Å². The Labute approximate surface area is 126 Å². The van der Waals surface area contributed by atoms with Gasteiger partial charge >= 0.3 is 39.8 Å². The van der Waals surface area contributed by atoms with E-state index in [1.54, 1.807) is 0 Å². The Morgan fingerprint density at radius 3 is 2.61 bits per heavy atom. The first-order valence-electron chi connectivity index (χ1n) is 4.98. The molecule has 1 aromatic heterocycles. The Morgan fingerprint density at radius 1 is 1.56 bits per heavy atom. The fourth-order valence-electron chi connectivity index (χ4n) is 1.41. The third-order valence-electron chi connectivity index (χ3n) is 2.45. The third-order valence-corrected chi connectivity index (χ3v) is 3.31. The first-order valence-corrected chi connectivity index (χ1v) is 6.48. The zero-order valence-corrected chi connectivity index (χ0v) is 12.6. The van der Waals surface area contributed by atoms with Gasteiger partial charge in [-0.15, -0.1) is 0 Å². The summed E-state index contributed by atoms with van der Waals surface area (Å²) in [6.07, 6.45) is 3.11. The van der Waals surface area contributed by atoms with Crippen LogP contribution >= 0.6 is 0 Å². The van der Waals surface area contributed by atoms with E-state index in [4.69, 9.17) is 9.88 Å². The SMILES string of the molecule is NS(=O)(=O)n1ccc(OCC2CC2)c1C(=O)[O-].[Na+]. The molecule has 94 valence electrons. The van der Waals surface area contributed by atoms with Crippen LogP contribution in [0, 0.1) is 5.92 Å². The van der Waals surface area contributed by atoms with E-state index in [2.05, 4.69) is 0 Å². The summed E-state index contributed by atoms with van der Waals surface area (Å²) in [5, 5.41) is 15.7. The van der Waals surface area contributed by atoms with E-state index in [1.807, 2.05) is 0 Å². The van der Waals surface area contributed by atoms with Gasteiger partial charge in [-0.1, -0.05) is 0 Å². The maximum atomic E-state index is 11.1. The van der Waals surface area contributed by atoms with Crippen molar-refractivity contribution < 1.29 is 52.6 Å². The molecule has 0 amide bonds. The number of carbonyl (C=O) groups excluding carboxylic acids is 1. The predicted molar refractivity (Wildman–Crippen MR) is 55.5 cm³/mol. The van der Waals surface area contributed by atoms with Gasteiger partial charge in [0, 0.05) is 6.20 Å². The largest absolute Gasteiger partial charge is 1.00 e. The molecule has 0 saturated heterocycles. The molecule has 9 heteroatoms. The topological polar surface area (TPSA) is 114 Å². The number of aromatic carboxylic acids is 1. The molecule has 1 heterocycles. The molecule has 7 nitrogen and oxygen atoms in total. The minimum absolute atomic E-state index is 0. The molecule has 2 N–H and O–H groups in total. The molecular weight excluding hydrogens is 271 g/mol. The molecule has 1 saturated carbocycles. The molecule has 1 aliphatic carbocycles. The number of rotatable bonds is 5. The molecule has 0 spiro atoms. The normalized spacial score (nSPS) is 14.9. The van der Waals surface area contributed by atoms with Crippen molar-refractivity contribution in [2.24, 2.45) is 11.1 Å². The molecule has 2 rings (SSSR count). The van der Waals surface area contributed by atoms with Gasteiger partial charge in [0.2, 0.25) is 0 Å². The second kappa shape index (κ2) is 5.62. The molecule has 1 aliphatic rings. The van der Waals surface area contributed by atoms with Crippen molar-refractivity contribution in [2.75, 3.05) is 6.61 Å². The summed E-state index contributed by atoms with van der Waals surface area (Å²) < 4.78 is 27.9. The van der Waals surface area contributed by atoms with Gasteiger partial charge in [0.25, 0.3) is 0 Å². The number of aromatic nitrogens is 1. The zero-order valence-electron chi connectivity index (χ0n) is 9.83. The van der Waals surface area contributed by atoms with E-state index in [0.29, 0.717) is 16.5 Å². The number of nitrogens with zero attached hydrogens (tertiary/aromatic N) is 1. The molecule has 0 aliphatic heterocycles. The summed E-state index contributed by atoms with van der Waals surface area (Å²) in [5.41, 5.74) is -0.576. The molecular formula is C9H11N2NaO5S. The first-order chi connectivity index (χ1) is 7.89. The van der Waals surface area contributed by atoms with Gasteiger partial charge in [-0.3, -0.25) is 0 Å². The number of carboxylic acids is 1. The molecule has 1 fully saturated rings. The maximum absolute atomic E-state index is 11.1. The maximum Gasteiger partial charge on any atom is 1.00 e. The molecule has 0 bridgehead atoms. The van der Waals surface area contributed by atoms with E-state index < -0.39 is 21.9 Å². The van der Waals surface area contributed by atoms with Gasteiger partial charge in [-0.2, -0.15) is 8.42 Å². The van der Waals surface area contributed by atoms with Crippen LogP contribution in [0.3, 0.4) is 0 Å². The smallest absolute Gasteiger partial charge is 0.543 e. The van der Waals surface area contributed by atoms with Gasteiger partial charge in [0.05, 0.1) is 12.6 Å². The molecule has 0 aromatic carbocycles. The molecule has 1 aromatic rings. The number of ether oxygens (including phenoxy) is 1. The standard InChI is InChI=1S/C9H12N2O5S.Na/c10-17(14,15)11-4-3-7(8(11)9(12)13)16-5-6-1-2-6;/h3-4,6H,1-2,5H2,(H,12,13)(H2,10,14,15);/q;+1/p-1. The van der Waals surface area contributed by atoms with Crippen LogP contribution < -0.4 is 44.5 Å². The Morgan fingerprint density at radius 2 is 2.17 bits per heavy atom. The average molecular weight is 282 g/mol. The van der Waals surface area contributed by atoms with Gasteiger partial charge in [0.1, 0.15) is 11.4 Å². The van der Waals surface area contributed by atoms with Crippen molar-refractivity contribution in [1.29, 1.82) is 0 Å². The van der Waals surface area contributed by atoms with Crippen LogP contribution in [-0.2, 0) is 10.2 Å². The second-order valence-electron chi connectivity index (χ2n) is 3.91. The van der Waals surface area contributed by atoms with Crippen LogP contribution in [0.25, 0.3) is 0 Å². The molecule has 18 heavy (non-hydrogen) atoms. The Kier molecular flexibility index (Phi) is 4.84. The summed E-state index contributed by atoms with van der Waals surface area (Å²) in [7, 11) is -4.16. The van der Waals surface area contributed by atoms with Gasteiger partial charge in [0.15, 0.2) is 0 Å². The Balaban J connectivity index is 0.00000162. The van der Waals surface area contributed by atoms with Crippen LogP contribution in [-0.4, -0.2) is 25.0 Å². The number of carbonyl (C=O) groups is 1. The van der Waals surface area contributed by atoms with E-state index >= 15 is 0 Å². The van der Waals surface area contributed by atoms with Crippen LogP contribution in [0.1, 0.15) is 23.3 Å². The number of hydrogen-bond acceptors (Lipinski definition) is 5. The monoisotopic (exact) mass is 282 g/mol. The van der Waals surface area contributed by atoms with Crippen molar-refractivity contribution >= 4 is 16.2 Å². The first kappa shape index (κ1) is 15.5. The summed E-state index contributed by atoms with van der Waals surface area (Å²) in [5.74, 6) is -1.26. The zero-order chi connectivity index (χ0) is 12.6. The van der Waals surface area contributed by atoms with E-state index in [0.717, 1.165) is 19.0 Å². The van der Waals surface area contributed by atoms with Gasteiger partial charge < -0.3 is 14.6 Å². The number of nitrogens with two attached hydrogens (primary N) is 1. The van der Waals surface area contributed by atoms with Crippen molar-refractivity contribution in [3.8, 4) is 5.75 Å². The van der Waals surface area contributed by atoms with Crippen LogP contribution in [0.15, 0.2) is 12.3 Å². The molecule has 0 atom stereocenters. The quantitative estimate of drug-likeness (QED) is 0.549. The molecule has 0 radical (unpaired) electrons. The predicted octanol–water partition coefficient (Wildman–Crippen LogP) is -4.30. The van der Waals surface area contributed by atoms with Crippen molar-refractivity contribution in [1.82, 2.24) is 3.97 Å². The summed E-state index contributed by atoms with van der Waals surface area (Å²) >= 11 is 0. The minimum atomic E-state index is -4.16. The fraction of sp³-hybridized carbons (Fsp3) is 0.444. The summed E-state index contributed by atoms with van der Waals surface area (Å²) in [6.45, 7) is 0.370. The van der Waals surface area contributed by atoms with E-state index in [1.165, 1.54) is 6.07 Å². The van der Waals surface area contributed by atoms with Gasteiger partial charge in [-0.25, -0.2) is 9.11 Å². The van der Waals surface area contributed by atoms with Crippen molar-refractivity contribution in [3.05, 3.63) is 18.0 Å². The Bertz CT molecular complexity index is 549. The fourth-order valence-corrected chi connectivity index (χ4v) is 2.06. The summed E-state index contributed by atoms with van der Waals surface area (Å²) in [4.78, 5) is 10.9. The number of hydrogen-bond donors (Lipinski definition) is 1. The van der Waals surface area contributed by atoms with Crippen LogP contribution in [0.2, 0.25) is 0 Å². The Hall–Kier alpha value is -0.540. The van der Waals surface area contributed by atoms with Gasteiger partial charge in [-0.05, 0) is 24.8 Å². The van der Waals surface area contributed by atoms with Crippen molar-refractivity contribution in [2.45, 2.75) is 12.8 Å². The van der Waals surface area contributed by atoms with Crippen molar-refractivity contribution in [3.63, 3.8) is 0 Å². The summed E-state index contributed by atoms with van der Waals surface area (Å²) in [6, 6.07) is 1.25. The average Bonchev–Trinajstić information content (AvgIpc) is 2.91. The number of carboxylic acid groups (broad SMARTS) is 1. The van der Waals surface area contributed by atoms with Crippen LogP contribution in [0.5, 0.6) is 5.75 Å².